The zero-order chi connectivity index (χ0) is 11.4. The van der Waals surface area contributed by atoms with Gasteiger partial charge in [-0.15, -0.1) is 11.3 Å². The SMILES string of the molecule is Cc1ncsc1CN(C)CC1CCNCC1. The molecule has 2 heterocycles. The molecule has 16 heavy (non-hydrogen) atoms. The molecule has 1 fully saturated rings. The van der Waals surface area contributed by atoms with Crippen LogP contribution in [0.4, 0.5) is 0 Å². The van der Waals surface area contributed by atoms with E-state index in [1.165, 1.54) is 43.0 Å². The molecule has 4 heteroatoms. The van der Waals surface area contributed by atoms with Crippen LogP contribution in [0.2, 0.25) is 0 Å². The molecule has 0 amide bonds. The Morgan fingerprint density at radius 3 is 2.88 bits per heavy atom. The van der Waals surface area contributed by atoms with Gasteiger partial charge in [0.05, 0.1) is 11.2 Å². The molecule has 0 spiro atoms. The molecule has 1 N–H and O–H groups in total. The highest BCUT2D eigenvalue weighted by molar-refractivity contribution is 7.09. The summed E-state index contributed by atoms with van der Waals surface area (Å²) in [4.78, 5) is 8.15. The minimum Gasteiger partial charge on any atom is -0.317 e. The van der Waals surface area contributed by atoms with Crippen molar-refractivity contribution < 1.29 is 0 Å². The molecule has 1 aliphatic heterocycles. The van der Waals surface area contributed by atoms with Gasteiger partial charge in [-0.25, -0.2) is 4.98 Å². The summed E-state index contributed by atoms with van der Waals surface area (Å²) in [7, 11) is 2.22. The predicted molar refractivity (Wildman–Crippen MR) is 68.8 cm³/mol. The Morgan fingerprint density at radius 2 is 2.25 bits per heavy atom. The Morgan fingerprint density at radius 1 is 1.50 bits per heavy atom. The van der Waals surface area contributed by atoms with Crippen molar-refractivity contribution in [3.8, 4) is 0 Å². The van der Waals surface area contributed by atoms with E-state index in [-0.39, 0.29) is 0 Å². The molecule has 3 nitrogen and oxygen atoms in total. The van der Waals surface area contributed by atoms with Gasteiger partial charge in [0.25, 0.3) is 0 Å². The first kappa shape index (κ1) is 12.0. The van der Waals surface area contributed by atoms with Crippen LogP contribution in [-0.2, 0) is 6.54 Å². The summed E-state index contributed by atoms with van der Waals surface area (Å²) in [5.41, 5.74) is 3.14. The summed E-state index contributed by atoms with van der Waals surface area (Å²) in [6.45, 7) is 6.76. The zero-order valence-electron chi connectivity index (χ0n) is 10.2. The average molecular weight is 239 g/mol. The molecular weight excluding hydrogens is 218 g/mol. The fourth-order valence-electron chi connectivity index (χ4n) is 2.29. The number of aryl methyl sites for hydroxylation is 1. The zero-order valence-corrected chi connectivity index (χ0v) is 11.0. The maximum atomic E-state index is 4.30. The molecular formula is C12H21N3S. The molecule has 0 unspecified atom stereocenters. The normalized spacial score (nSPS) is 18.2. The predicted octanol–water partition coefficient (Wildman–Crippen LogP) is 1.88. The monoisotopic (exact) mass is 239 g/mol. The molecule has 0 radical (unpaired) electrons. The third-order valence-electron chi connectivity index (χ3n) is 3.29. The van der Waals surface area contributed by atoms with E-state index in [0.29, 0.717) is 0 Å². The highest BCUT2D eigenvalue weighted by Crippen LogP contribution is 2.17. The number of hydrogen-bond donors (Lipinski definition) is 1. The Hall–Kier alpha value is -0.450. The summed E-state index contributed by atoms with van der Waals surface area (Å²) in [6, 6.07) is 0. The quantitative estimate of drug-likeness (QED) is 0.869. The fraction of sp³-hybridized carbons (Fsp3) is 0.750. The lowest BCUT2D eigenvalue weighted by Crippen LogP contribution is -2.34. The number of nitrogens with zero attached hydrogens (tertiary/aromatic N) is 2. The van der Waals surface area contributed by atoms with Gasteiger partial charge in [-0.05, 0) is 45.8 Å². The van der Waals surface area contributed by atoms with Crippen LogP contribution in [0.5, 0.6) is 0 Å². The Labute approximate surface area is 102 Å². The molecule has 0 aromatic carbocycles. The van der Waals surface area contributed by atoms with Gasteiger partial charge in [-0.3, -0.25) is 0 Å². The van der Waals surface area contributed by atoms with Crippen LogP contribution in [0.25, 0.3) is 0 Å². The highest BCUT2D eigenvalue weighted by Gasteiger charge is 2.15. The van der Waals surface area contributed by atoms with Gasteiger partial charge in [0.2, 0.25) is 0 Å². The highest BCUT2D eigenvalue weighted by atomic mass is 32.1. The van der Waals surface area contributed by atoms with Gasteiger partial charge < -0.3 is 10.2 Å². The molecule has 0 atom stereocenters. The summed E-state index contributed by atoms with van der Waals surface area (Å²) in [5.74, 6) is 0.875. The van der Waals surface area contributed by atoms with Gasteiger partial charge >= 0.3 is 0 Å². The van der Waals surface area contributed by atoms with E-state index in [0.717, 1.165) is 12.5 Å². The number of thiazole rings is 1. The van der Waals surface area contributed by atoms with E-state index in [1.807, 2.05) is 5.51 Å². The van der Waals surface area contributed by atoms with E-state index in [1.54, 1.807) is 11.3 Å². The second-order valence-electron chi connectivity index (χ2n) is 4.75. The molecule has 1 aromatic rings. The average Bonchev–Trinajstić information content (AvgIpc) is 2.66. The van der Waals surface area contributed by atoms with Gasteiger partial charge in [0.1, 0.15) is 0 Å². The lowest BCUT2D eigenvalue weighted by atomic mass is 9.98. The summed E-state index contributed by atoms with van der Waals surface area (Å²) < 4.78 is 0. The Bertz CT molecular complexity index is 318. The molecule has 1 saturated heterocycles. The third kappa shape index (κ3) is 3.27. The minimum atomic E-state index is 0.875. The molecule has 2 rings (SSSR count). The van der Waals surface area contributed by atoms with E-state index in [9.17, 15) is 0 Å². The van der Waals surface area contributed by atoms with Crippen LogP contribution in [0, 0.1) is 12.8 Å². The lowest BCUT2D eigenvalue weighted by Gasteiger charge is -2.27. The summed E-state index contributed by atoms with van der Waals surface area (Å²) >= 11 is 1.77. The molecule has 0 bridgehead atoms. The van der Waals surface area contributed by atoms with Crippen molar-refractivity contribution in [1.82, 2.24) is 15.2 Å². The second kappa shape index (κ2) is 5.75. The second-order valence-corrected chi connectivity index (χ2v) is 5.69. The van der Waals surface area contributed by atoms with Crippen LogP contribution in [-0.4, -0.2) is 36.6 Å². The van der Waals surface area contributed by atoms with Crippen molar-refractivity contribution >= 4 is 11.3 Å². The van der Waals surface area contributed by atoms with Crippen LogP contribution >= 0.6 is 11.3 Å². The third-order valence-corrected chi connectivity index (χ3v) is 4.21. The molecule has 1 aromatic heterocycles. The van der Waals surface area contributed by atoms with Crippen LogP contribution in [0.3, 0.4) is 0 Å². The van der Waals surface area contributed by atoms with Crippen molar-refractivity contribution in [2.24, 2.45) is 5.92 Å². The standard InChI is InChI=1S/C12H21N3S/c1-10-12(16-9-14-10)8-15(2)7-11-3-5-13-6-4-11/h9,11,13H,3-8H2,1-2H3. The van der Waals surface area contributed by atoms with Crippen molar-refractivity contribution in [2.75, 3.05) is 26.7 Å². The Balaban J connectivity index is 1.79. The number of hydrogen-bond acceptors (Lipinski definition) is 4. The van der Waals surface area contributed by atoms with E-state index < -0.39 is 0 Å². The van der Waals surface area contributed by atoms with Crippen molar-refractivity contribution in [2.45, 2.75) is 26.3 Å². The number of nitrogens with one attached hydrogen (secondary N) is 1. The number of rotatable bonds is 4. The smallest absolute Gasteiger partial charge is 0.0798 e. The minimum absolute atomic E-state index is 0.875. The first-order chi connectivity index (χ1) is 7.75. The lowest BCUT2D eigenvalue weighted by molar-refractivity contribution is 0.235. The maximum Gasteiger partial charge on any atom is 0.0798 e. The van der Waals surface area contributed by atoms with Crippen LogP contribution < -0.4 is 5.32 Å². The molecule has 0 aliphatic carbocycles. The van der Waals surface area contributed by atoms with Gasteiger partial charge in [-0.1, -0.05) is 0 Å². The maximum absolute atomic E-state index is 4.30. The molecule has 90 valence electrons. The largest absolute Gasteiger partial charge is 0.317 e. The van der Waals surface area contributed by atoms with E-state index in [4.69, 9.17) is 0 Å². The van der Waals surface area contributed by atoms with Gasteiger partial charge in [-0.2, -0.15) is 0 Å². The first-order valence-electron chi connectivity index (χ1n) is 6.04. The first-order valence-corrected chi connectivity index (χ1v) is 6.92. The van der Waals surface area contributed by atoms with E-state index in [2.05, 4.69) is 29.2 Å². The number of piperidine rings is 1. The van der Waals surface area contributed by atoms with Crippen molar-refractivity contribution in [1.29, 1.82) is 0 Å². The molecule has 1 aliphatic rings. The topological polar surface area (TPSA) is 28.2 Å². The fourth-order valence-corrected chi connectivity index (χ4v) is 3.15. The summed E-state index contributed by atoms with van der Waals surface area (Å²) in [6.07, 6.45) is 2.65. The molecule has 0 saturated carbocycles. The van der Waals surface area contributed by atoms with Crippen LogP contribution in [0.15, 0.2) is 5.51 Å². The van der Waals surface area contributed by atoms with Crippen molar-refractivity contribution in [3.63, 3.8) is 0 Å². The summed E-state index contributed by atoms with van der Waals surface area (Å²) in [5, 5.41) is 3.42. The number of aromatic nitrogens is 1. The van der Waals surface area contributed by atoms with Gasteiger partial charge in [0.15, 0.2) is 0 Å². The van der Waals surface area contributed by atoms with Crippen LogP contribution in [0.1, 0.15) is 23.4 Å². The van der Waals surface area contributed by atoms with Crippen molar-refractivity contribution in [3.05, 3.63) is 16.1 Å². The Kier molecular flexibility index (Phi) is 4.32. The van der Waals surface area contributed by atoms with E-state index >= 15 is 0 Å². The van der Waals surface area contributed by atoms with Gasteiger partial charge in [0, 0.05) is 18.0 Å².